The lowest BCUT2D eigenvalue weighted by Gasteiger charge is -2.27. The Balaban J connectivity index is 2.06. The Morgan fingerprint density at radius 2 is 1.64 bits per heavy atom. The van der Waals surface area contributed by atoms with E-state index in [4.69, 9.17) is 0 Å². The van der Waals surface area contributed by atoms with Gasteiger partial charge in [-0.05, 0) is 76.2 Å². The molecule has 3 N–H and O–H groups in total. The van der Waals surface area contributed by atoms with Crippen LogP contribution in [-0.4, -0.2) is 33.0 Å². The van der Waals surface area contributed by atoms with Crippen molar-refractivity contribution in [3.63, 3.8) is 0 Å². The van der Waals surface area contributed by atoms with E-state index >= 15 is 0 Å². The number of aromatic carboxylic acids is 2. The van der Waals surface area contributed by atoms with Crippen LogP contribution in [0.15, 0.2) is 65.8 Å². The molecular formula is C22H14O6. The number of allylic oxidation sites excluding steroid dienone is 5. The standard InChI is InChI=1S/C22H14O6/c23-14-2-5-16-12(8-14)7-13-9-15(24)3-6-17(13)20(16)18-4-1-11(21(25)26)10-19(18)22(27)28/h1-6,8-10,23H,7H2,(H,25,26)(H,27,28). The molecule has 0 aromatic heterocycles. The Kier molecular flexibility index (Phi) is 3.96. The van der Waals surface area contributed by atoms with Crippen LogP contribution in [0.1, 0.15) is 37.4 Å². The van der Waals surface area contributed by atoms with Gasteiger partial charge in [0.1, 0.15) is 5.75 Å². The van der Waals surface area contributed by atoms with Gasteiger partial charge in [0.2, 0.25) is 0 Å². The molecule has 2 aromatic carbocycles. The summed E-state index contributed by atoms with van der Waals surface area (Å²) in [5.41, 5.74) is 3.59. The maximum absolute atomic E-state index is 11.9. The predicted molar refractivity (Wildman–Crippen MR) is 100 cm³/mol. The normalized spacial score (nSPS) is 15.0. The maximum atomic E-state index is 11.9. The fourth-order valence-corrected chi connectivity index (χ4v) is 3.64. The number of phenolic OH excluding ortho intramolecular Hbond substituents is 1. The zero-order valence-electron chi connectivity index (χ0n) is 14.5. The first-order valence-electron chi connectivity index (χ1n) is 8.45. The number of aromatic hydroxyl groups is 1. The van der Waals surface area contributed by atoms with E-state index in [1.54, 1.807) is 18.2 Å². The molecule has 6 nitrogen and oxygen atoms in total. The zero-order chi connectivity index (χ0) is 20.0. The van der Waals surface area contributed by atoms with E-state index in [0.717, 1.165) is 22.8 Å². The van der Waals surface area contributed by atoms with Crippen molar-refractivity contribution < 1.29 is 29.7 Å². The molecule has 0 aliphatic heterocycles. The van der Waals surface area contributed by atoms with Gasteiger partial charge in [0.15, 0.2) is 5.78 Å². The Hall–Kier alpha value is -3.93. The lowest BCUT2D eigenvalue weighted by Crippen LogP contribution is -2.14. The van der Waals surface area contributed by atoms with Gasteiger partial charge in [0.25, 0.3) is 0 Å². The van der Waals surface area contributed by atoms with Gasteiger partial charge in [-0.15, -0.1) is 0 Å². The van der Waals surface area contributed by atoms with Crippen molar-refractivity contribution in [3.05, 3.63) is 93.6 Å². The Morgan fingerprint density at radius 1 is 0.893 bits per heavy atom. The van der Waals surface area contributed by atoms with E-state index in [-0.39, 0.29) is 22.7 Å². The largest absolute Gasteiger partial charge is 0.508 e. The summed E-state index contributed by atoms with van der Waals surface area (Å²) in [5, 5.41) is 28.8. The van der Waals surface area contributed by atoms with E-state index < -0.39 is 11.9 Å². The van der Waals surface area contributed by atoms with Gasteiger partial charge in [-0.1, -0.05) is 18.2 Å². The monoisotopic (exact) mass is 374 g/mol. The van der Waals surface area contributed by atoms with Crippen LogP contribution >= 0.6 is 0 Å². The van der Waals surface area contributed by atoms with Gasteiger partial charge >= 0.3 is 11.9 Å². The quantitative estimate of drug-likeness (QED) is 0.761. The van der Waals surface area contributed by atoms with Crippen LogP contribution in [0.2, 0.25) is 0 Å². The van der Waals surface area contributed by atoms with Crippen LogP contribution in [0.3, 0.4) is 0 Å². The minimum absolute atomic E-state index is 0.0690. The van der Waals surface area contributed by atoms with Crippen molar-refractivity contribution in [3.8, 4) is 5.75 Å². The molecule has 28 heavy (non-hydrogen) atoms. The van der Waals surface area contributed by atoms with Gasteiger partial charge in [-0.2, -0.15) is 0 Å². The van der Waals surface area contributed by atoms with Crippen molar-refractivity contribution in [2.75, 3.05) is 0 Å². The summed E-state index contributed by atoms with van der Waals surface area (Å²) in [5.74, 6) is -2.57. The van der Waals surface area contributed by atoms with Crippen molar-refractivity contribution in [2.45, 2.75) is 6.42 Å². The molecule has 0 saturated carbocycles. The number of carbonyl (C=O) groups is 3. The highest BCUT2D eigenvalue weighted by molar-refractivity contribution is 6.07. The number of carboxylic acid groups (broad SMARTS) is 2. The van der Waals surface area contributed by atoms with Crippen LogP contribution in [0.4, 0.5) is 0 Å². The van der Waals surface area contributed by atoms with E-state index in [1.165, 1.54) is 30.4 Å². The van der Waals surface area contributed by atoms with Crippen molar-refractivity contribution >= 4 is 23.3 Å². The minimum atomic E-state index is -1.25. The topological polar surface area (TPSA) is 112 Å². The number of rotatable bonds is 3. The molecule has 0 heterocycles. The summed E-state index contributed by atoms with van der Waals surface area (Å²) in [7, 11) is 0. The first-order chi connectivity index (χ1) is 13.3. The highest BCUT2D eigenvalue weighted by atomic mass is 16.4. The van der Waals surface area contributed by atoms with Gasteiger partial charge in [-0.3, -0.25) is 4.79 Å². The van der Waals surface area contributed by atoms with E-state index in [2.05, 4.69) is 0 Å². The van der Waals surface area contributed by atoms with E-state index in [1.807, 2.05) is 0 Å². The number of carboxylic acids is 2. The van der Waals surface area contributed by atoms with Crippen molar-refractivity contribution in [1.29, 1.82) is 0 Å². The Labute approximate surface area is 159 Å². The van der Waals surface area contributed by atoms with Crippen molar-refractivity contribution in [2.24, 2.45) is 0 Å². The molecule has 0 amide bonds. The summed E-state index contributed by atoms with van der Waals surface area (Å²) in [6, 6.07) is 8.75. The third-order valence-corrected chi connectivity index (χ3v) is 4.85. The number of fused-ring (bicyclic) bond motifs is 2. The number of phenols is 1. The van der Waals surface area contributed by atoms with Gasteiger partial charge < -0.3 is 15.3 Å². The lowest BCUT2D eigenvalue weighted by molar-refractivity contribution is -0.110. The third kappa shape index (κ3) is 2.81. The third-order valence-electron chi connectivity index (χ3n) is 4.85. The average Bonchev–Trinajstić information content (AvgIpc) is 2.65. The first kappa shape index (κ1) is 17.5. The molecule has 0 atom stereocenters. The molecule has 2 aliphatic rings. The summed E-state index contributed by atoms with van der Waals surface area (Å²) in [6.45, 7) is 0. The van der Waals surface area contributed by atoms with E-state index in [0.29, 0.717) is 23.1 Å². The molecule has 0 saturated heterocycles. The first-order valence-corrected chi connectivity index (χ1v) is 8.45. The summed E-state index contributed by atoms with van der Waals surface area (Å²) < 4.78 is 0. The smallest absolute Gasteiger partial charge is 0.336 e. The molecular weight excluding hydrogens is 360 g/mol. The van der Waals surface area contributed by atoms with Crippen LogP contribution in [-0.2, 0) is 11.2 Å². The second-order valence-corrected chi connectivity index (χ2v) is 6.58. The molecule has 0 spiro atoms. The molecule has 0 fully saturated rings. The van der Waals surface area contributed by atoms with Gasteiger partial charge in [0.05, 0.1) is 11.1 Å². The van der Waals surface area contributed by atoms with Crippen LogP contribution < -0.4 is 0 Å². The highest BCUT2D eigenvalue weighted by Crippen LogP contribution is 2.42. The molecule has 0 radical (unpaired) electrons. The minimum Gasteiger partial charge on any atom is -0.508 e. The highest BCUT2D eigenvalue weighted by Gasteiger charge is 2.28. The maximum Gasteiger partial charge on any atom is 0.336 e. The molecule has 138 valence electrons. The van der Waals surface area contributed by atoms with Crippen molar-refractivity contribution in [1.82, 2.24) is 0 Å². The molecule has 0 unspecified atom stereocenters. The van der Waals surface area contributed by atoms with Gasteiger partial charge in [0, 0.05) is 0 Å². The molecule has 6 heteroatoms. The summed E-state index contributed by atoms with van der Waals surface area (Å²) in [6.07, 6.45) is 4.98. The predicted octanol–water partition coefficient (Wildman–Crippen LogP) is 3.21. The summed E-state index contributed by atoms with van der Waals surface area (Å²) >= 11 is 0. The SMILES string of the molecule is O=C1C=CC2=C(c3ccc(C(=O)O)cc3C(=O)O)c3ccc(O)cc3CC2=C1. The number of carbonyl (C=O) groups excluding carboxylic acids is 1. The van der Waals surface area contributed by atoms with E-state index in [9.17, 15) is 29.7 Å². The van der Waals surface area contributed by atoms with Gasteiger partial charge in [-0.25, -0.2) is 9.59 Å². The molecule has 2 aliphatic carbocycles. The molecule has 4 rings (SSSR count). The average molecular weight is 374 g/mol. The molecule has 2 aromatic rings. The zero-order valence-corrected chi connectivity index (χ0v) is 14.5. The fourth-order valence-electron chi connectivity index (χ4n) is 3.64. The number of hydrogen-bond donors (Lipinski definition) is 3. The second kappa shape index (κ2) is 6.35. The van der Waals surface area contributed by atoms with Crippen LogP contribution in [0, 0.1) is 0 Å². The Morgan fingerprint density at radius 3 is 2.36 bits per heavy atom. The second-order valence-electron chi connectivity index (χ2n) is 6.58. The van der Waals surface area contributed by atoms with Crippen LogP contribution in [0.5, 0.6) is 5.75 Å². The number of ketones is 1. The Bertz CT molecular complexity index is 1160. The summed E-state index contributed by atoms with van der Waals surface area (Å²) in [4.78, 5) is 35.0. The van der Waals surface area contributed by atoms with Crippen LogP contribution in [0.25, 0.3) is 5.57 Å². The lowest BCUT2D eigenvalue weighted by atomic mass is 9.76. The number of benzene rings is 2. The number of hydrogen-bond acceptors (Lipinski definition) is 4. The fraction of sp³-hybridized carbons (Fsp3) is 0.0455. The molecule has 0 bridgehead atoms.